The van der Waals surface area contributed by atoms with Gasteiger partial charge in [0.05, 0.1) is 11.7 Å². The van der Waals surface area contributed by atoms with Crippen molar-refractivity contribution >= 4 is 16.8 Å². The zero-order chi connectivity index (χ0) is 23.3. The van der Waals surface area contributed by atoms with Crippen LogP contribution in [0.4, 0.5) is 0 Å². The lowest BCUT2D eigenvalue weighted by molar-refractivity contribution is 0.0965. The summed E-state index contributed by atoms with van der Waals surface area (Å²) in [5.74, 6) is 0.0515. The van der Waals surface area contributed by atoms with Crippen molar-refractivity contribution in [3.63, 3.8) is 0 Å². The molecule has 2 N–H and O–H groups in total. The molecule has 2 aromatic heterocycles. The van der Waals surface area contributed by atoms with Crippen molar-refractivity contribution in [1.29, 1.82) is 0 Å². The van der Waals surface area contributed by atoms with Gasteiger partial charge in [0, 0.05) is 29.9 Å². The Morgan fingerprint density at radius 2 is 1.35 bits per heavy atom. The van der Waals surface area contributed by atoms with E-state index in [0.29, 0.717) is 6.54 Å². The normalized spacial score (nSPS) is 9.81. The number of nitrogens with zero attached hydrogens (tertiary/aromatic N) is 2. The standard InChI is InChI=1S/C8H7NO.C7H6N2.C5H5N.3C2H6/c10-8-7-4-2-1-3-6(7)5-9-8;1-2-4-7-6(3-1)5-8-9-7;1-2-4-6-5-3-1;3*1-2/h1-4H,5H2,(H,9,10);1-5H,(H,8,9);1-5H;3*1-2H3. The van der Waals surface area contributed by atoms with E-state index in [1.54, 1.807) is 12.4 Å². The molecule has 31 heavy (non-hydrogen) atoms. The Bertz CT molecular complexity index is 879. The summed E-state index contributed by atoms with van der Waals surface area (Å²) in [6.45, 7) is 12.7. The van der Waals surface area contributed by atoms with Crippen LogP contribution in [0.2, 0.25) is 0 Å². The number of hydrogen-bond donors (Lipinski definition) is 2. The number of rotatable bonds is 0. The molecular formula is C26H36N4O. The number of benzene rings is 2. The molecule has 0 aliphatic carbocycles. The van der Waals surface area contributed by atoms with Crippen molar-refractivity contribution in [1.82, 2.24) is 20.5 Å². The molecule has 2 aromatic carbocycles. The lowest BCUT2D eigenvalue weighted by Crippen LogP contribution is -2.12. The zero-order valence-corrected chi connectivity index (χ0v) is 19.6. The fraction of sp³-hybridized carbons (Fsp3) is 0.269. The Labute approximate surface area is 186 Å². The van der Waals surface area contributed by atoms with Crippen LogP contribution in [0.1, 0.15) is 57.5 Å². The highest BCUT2D eigenvalue weighted by molar-refractivity contribution is 5.98. The van der Waals surface area contributed by atoms with Crippen LogP contribution in [-0.2, 0) is 6.54 Å². The van der Waals surface area contributed by atoms with Gasteiger partial charge < -0.3 is 5.32 Å². The zero-order valence-electron chi connectivity index (χ0n) is 19.6. The van der Waals surface area contributed by atoms with Gasteiger partial charge in [-0.1, -0.05) is 84.0 Å². The number of para-hydroxylation sites is 1. The molecule has 0 saturated carbocycles. The first-order valence-electron chi connectivity index (χ1n) is 10.9. The molecule has 0 atom stereocenters. The number of nitrogens with one attached hydrogen (secondary N) is 2. The SMILES string of the molecule is CC.CC.CC.O=C1NCc2ccccc21.c1ccc2[nH]ncc2c1.c1ccncc1. The Kier molecular flexibility index (Phi) is 16.5. The van der Waals surface area contributed by atoms with E-state index in [1.165, 1.54) is 0 Å². The summed E-state index contributed by atoms with van der Waals surface area (Å²) in [4.78, 5) is 14.7. The molecule has 1 aliphatic rings. The summed E-state index contributed by atoms with van der Waals surface area (Å²) < 4.78 is 0. The highest BCUT2D eigenvalue weighted by atomic mass is 16.1. The summed E-state index contributed by atoms with van der Waals surface area (Å²) in [5, 5.41) is 10.7. The molecule has 0 fully saturated rings. The van der Waals surface area contributed by atoms with E-state index in [2.05, 4.69) is 20.5 Å². The van der Waals surface area contributed by atoms with Crippen molar-refractivity contribution in [2.75, 3.05) is 0 Å². The molecule has 5 rings (SSSR count). The molecule has 0 saturated heterocycles. The van der Waals surface area contributed by atoms with Gasteiger partial charge in [0.15, 0.2) is 0 Å². The van der Waals surface area contributed by atoms with Crippen molar-refractivity contribution in [2.24, 2.45) is 0 Å². The maximum absolute atomic E-state index is 11.0. The van der Waals surface area contributed by atoms with E-state index in [1.807, 2.05) is 114 Å². The Morgan fingerprint density at radius 1 is 0.742 bits per heavy atom. The Morgan fingerprint density at radius 3 is 1.90 bits per heavy atom. The maximum atomic E-state index is 11.0. The van der Waals surface area contributed by atoms with Gasteiger partial charge >= 0.3 is 0 Å². The largest absolute Gasteiger partial charge is 0.348 e. The van der Waals surface area contributed by atoms with Crippen LogP contribution in [0.15, 0.2) is 85.3 Å². The van der Waals surface area contributed by atoms with Gasteiger partial charge in [-0.2, -0.15) is 5.10 Å². The number of H-pyrrole nitrogens is 1. The summed E-state index contributed by atoms with van der Waals surface area (Å²) >= 11 is 0. The third-order valence-corrected chi connectivity index (χ3v) is 3.62. The summed E-state index contributed by atoms with van der Waals surface area (Å²) in [6.07, 6.45) is 5.31. The van der Waals surface area contributed by atoms with Gasteiger partial charge in [-0.15, -0.1) is 0 Å². The quantitative estimate of drug-likeness (QED) is 0.334. The van der Waals surface area contributed by atoms with Gasteiger partial charge in [0.2, 0.25) is 0 Å². The number of hydrogen-bond acceptors (Lipinski definition) is 3. The van der Waals surface area contributed by atoms with Crippen molar-refractivity contribution in [3.05, 3.63) is 96.4 Å². The smallest absolute Gasteiger partial charge is 0.251 e. The molecule has 3 heterocycles. The van der Waals surface area contributed by atoms with Crippen LogP contribution in [0.3, 0.4) is 0 Å². The van der Waals surface area contributed by atoms with Gasteiger partial charge in [0.25, 0.3) is 5.91 Å². The average molecular weight is 421 g/mol. The number of pyridine rings is 1. The van der Waals surface area contributed by atoms with Crippen molar-refractivity contribution in [3.8, 4) is 0 Å². The van der Waals surface area contributed by atoms with E-state index in [0.717, 1.165) is 22.0 Å². The second-order valence-electron chi connectivity index (χ2n) is 5.32. The van der Waals surface area contributed by atoms with Crippen LogP contribution >= 0.6 is 0 Å². The fourth-order valence-electron chi connectivity index (χ4n) is 2.36. The minimum atomic E-state index is 0.0515. The number of aromatic nitrogens is 3. The summed E-state index contributed by atoms with van der Waals surface area (Å²) in [5.41, 5.74) is 3.02. The predicted molar refractivity (Wildman–Crippen MR) is 132 cm³/mol. The molecule has 1 amide bonds. The number of aromatic amines is 1. The number of fused-ring (bicyclic) bond motifs is 2. The predicted octanol–water partition coefficient (Wildman–Crippen LogP) is 6.65. The van der Waals surface area contributed by atoms with Crippen LogP contribution < -0.4 is 5.32 Å². The first-order valence-corrected chi connectivity index (χ1v) is 10.9. The second kappa shape index (κ2) is 18.6. The van der Waals surface area contributed by atoms with Gasteiger partial charge in [-0.3, -0.25) is 14.9 Å². The number of carbonyl (C=O) groups excluding carboxylic acids is 1. The molecule has 0 unspecified atom stereocenters. The highest BCUT2D eigenvalue weighted by Crippen LogP contribution is 2.13. The summed E-state index contributed by atoms with van der Waals surface area (Å²) in [7, 11) is 0. The van der Waals surface area contributed by atoms with Gasteiger partial charge in [0.1, 0.15) is 0 Å². The molecule has 5 heteroatoms. The Balaban J connectivity index is 0.000000397. The molecule has 5 nitrogen and oxygen atoms in total. The topological polar surface area (TPSA) is 70.7 Å². The van der Waals surface area contributed by atoms with E-state index < -0.39 is 0 Å². The third kappa shape index (κ3) is 10.2. The molecule has 1 aliphatic heterocycles. The maximum Gasteiger partial charge on any atom is 0.251 e. The van der Waals surface area contributed by atoms with Gasteiger partial charge in [-0.05, 0) is 29.8 Å². The lowest BCUT2D eigenvalue weighted by Gasteiger charge is -1.89. The lowest BCUT2D eigenvalue weighted by atomic mass is 10.1. The van der Waals surface area contributed by atoms with Crippen molar-refractivity contribution in [2.45, 2.75) is 48.1 Å². The van der Waals surface area contributed by atoms with E-state index in [9.17, 15) is 4.79 Å². The number of carbonyl (C=O) groups is 1. The molecule has 0 bridgehead atoms. The third-order valence-electron chi connectivity index (χ3n) is 3.62. The first-order chi connectivity index (χ1) is 15.3. The highest BCUT2D eigenvalue weighted by Gasteiger charge is 2.16. The van der Waals surface area contributed by atoms with Crippen LogP contribution in [0, 0.1) is 0 Å². The van der Waals surface area contributed by atoms with Crippen LogP contribution in [0.5, 0.6) is 0 Å². The molecular weight excluding hydrogens is 384 g/mol. The van der Waals surface area contributed by atoms with E-state index in [4.69, 9.17) is 0 Å². The summed E-state index contributed by atoms with van der Waals surface area (Å²) in [6, 6.07) is 21.4. The Hall–Kier alpha value is -3.47. The molecule has 166 valence electrons. The van der Waals surface area contributed by atoms with Gasteiger partial charge in [-0.25, -0.2) is 0 Å². The minimum Gasteiger partial charge on any atom is -0.348 e. The fourth-order valence-corrected chi connectivity index (χ4v) is 2.36. The molecule has 0 radical (unpaired) electrons. The minimum absolute atomic E-state index is 0.0515. The van der Waals surface area contributed by atoms with E-state index in [-0.39, 0.29) is 5.91 Å². The van der Waals surface area contributed by atoms with Crippen LogP contribution in [-0.4, -0.2) is 21.1 Å². The van der Waals surface area contributed by atoms with E-state index >= 15 is 0 Å². The average Bonchev–Trinajstić information content (AvgIpc) is 3.52. The second-order valence-corrected chi connectivity index (χ2v) is 5.32. The molecule has 0 spiro atoms. The number of amides is 1. The molecule has 4 aromatic rings. The first kappa shape index (κ1) is 27.5. The van der Waals surface area contributed by atoms with Crippen molar-refractivity contribution < 1.29 is 4.79 Å². The van der Waals surface area contributed by atoms with Crippen LogP contribution in [0.25, 0.3) is 10.9 Å². The monoisotopic (exact) mass is 420 g/mol.